The van der Waals surface area contributed by atoms with Gasteiger partial charge in [0.25, 0.3) is 0 Å². The third-order valence-electron chi connectivity index (χ3n) is 5.06. The molecule has 0 heterocycles. The quantitative estimate of drug-likeness (QED) is 0.714. The largest absolute Gasteiger partial charge is 0.313 e. The Morgan fingerprint density at radius 3 is 2.37 bits per heavy atom. The lowest BCUT2D eigenvalue weighted by Crippen LogP contribution is -2.53. The Morgan fingerprint density at radius 2 is 1.84 bits per heavy atom. The molecule has 2 nitrogen and oxygen atoms in total. The summed E-state index contributed by atoms with van der Waals surface area (Å²) in [5.41, 5.74) is 0. The third-order valence-corrected chi connectivity index (χ3v) is 5.06. The summed E-state index contributed by atoms with van der Waals surface area (Å²) in [6.07, 6.45) is 9.53. The van der Waals surface area contributed by atoms with Crippen molar-refractivity contribution in [3.8, 4) is 0 Å². The normalized spacial score (nSPS) is 27.5. The lowest BCUT2D eigenvalue weighted by molar-refractivity contribution is 0.0723. The van der Waals surface area contributed by atoms with Gasteiger partial charge in [0, 0.05) is 18.1 Å². The van der Waals surface area contributed by atoms with Crippen LogP contribution in [0.15, 0.2) is 0 Å². The molecule has 4 unspecified atom stereocenters. The van der Waals surface area contributed by atoms with Gasteiger partial charge in [-0.3, -0.25) is 4.90 Å². The molecule has 0 aliphatic heterocycles. The average molecular weight is 268 g/mol. The van der Waals surface area contributed by atoms with Crippen LogP contribution in [0.5, 0.6) is 0 Å². The van der Waals surface area contributed by atoms with E-state index in [1.807, 2.05) is 0 Å². The van der Waals surface area contributed by atoms with Crippen LogP contribution in [0.2, 0.25) is 0 Å². The van der Waals surface area contributed by atoms with E-state index >= 15 is 0 Å². The number of nitrogens with one attached hydrogen (secondary N) is 1. The van der Waals surface area contributed by atoms with Crippen LogP contribution in [0.1, 0.15) is 72.6 Å². The lowest BCUT2D eigenvalue weighted by Gasteiger charge is -2.43. The third kappa shape index (κ3) is 4.75. The Labute approximate surface area is 121 Å². The van der Waals surface area contributed by atoms with Crippen molar-refractivity contribution >= 4 is 0 Å². The van der Waals surface area contributed by atoms with Crippen LogP contribution >= 0.6 is 0 Å². The summed E-state index contributed by atoms with van der Waals surface area (Å²) < 4.78 is 0. The van der Waals surface area contributed by atoms with Crippen molar-refractivity contribution in [2.45, 2.75) is 90.8 Å². The summed E-state index contributed by atoms with van der Waals surface area (Å²) in [6.45, 7) is 10.4. The molecule has 4 atom stereocenters. The minimum absolute atomic E-state index is 0.666. The maximum Gasteiger partial charge on any atom is 0.0246 e. The van der Waals surface area contributed by atoms with Crippen molar-refractivity contribution in [2.24, 2.45) is 5.92 Å². The molecular weight excluding hydrogens is 232 g/mol. The molecule has 0 spiro atoms. The molecule has 1 fully saturated rings. The minimum Gasteiger partial charge on any atom is -0.313 e. The van der Waals surface area contributed by atoms with Crippen LogP contribution in [0.3, 0.4) is 0 Å². The molecule has 2 heteroatoms. The van der Waals surface area contributed by atoms with Gasteiger partial charge >= 0.3 is 0 Å². The van der Waals surface area contributed by atoms with Gasteiger partial charge in [-0.2, -0.15) is 0 Å². The molecule has 0 aromatic heterocycles. The van der Waals surface area contributed by atoms with Crippen molar-refractivity contribution in [1.82, 2.24) is 10.2 Å². The van der Waals surface area contributed by atoms with Gasteiger partial charge < -0.3 is 5.32 Å². The zero-order valence-electron chi connectivity index (χ0n) is 13.9. The van der Waals surface area contributed by atoms with E-state index in [9.17, 15) is 0 Å². The number of nitrogens with zero attached hydrogens (tertiary/aromatic N) is 1. The Morgan fingerprint density at radius 1 is 1.16 bits per heavy atom. The average Bonchev–Trinajstić information content (AvgIpc) is 2.40. The van der Waals surface area contributed by atoms with E-state index in [0.29, 0.717) is 12.1 Å². The molecule has 1 aliphatic carbocycles. The first kappa shape index (κ1) is 17.0. The van der Waals surface area contributed by atoms with E-state index in [2.05, 4.69) is 45.0 Å². The first-order chi connectivity index (χ1) is 9.15. The molecule has 0 aromatic rings. The Kier molecular flexibility index (Phi) is 8.01. The predicted octanol–water partition coefficient (Wildman–Crippen LogP) is 4.05. The van der Waals surface area contributed by atoms with E-state index in [1.165, 1.54) is 44.9 Å². The van der Waals surface area contributed by atoms with Crippen LogP contribution in [-0.4, -0.2) is 36.6 Å². The molecule has 1 saturated carbocycles. The van der Waals surface area contributed by atoms with Gasteiger partial charge in [0.15, 0.2) is 0 Å². The number of rotatable bonds is 8. The monoisotopic (exact) mass is 268 g/mol. The van der Waals surface area contributed by atoms with E-state index in [0.717, 1.165) is 18.5 Å². The van der Waals surface area contributed by atoms with Crippen LogP contribution in [-0.2, 0) is 0 Å². The maximum atomic E-state index is 3.73. The highest BCUT2D eigenvalue weighted by molar-refractivity contribution is 4.88. The van der Waals surface area contributed by atoms with Gasteiger partial charge in [0.05, 0.1) is 0 Å². The van der Waals surface area contributed by atoms with Gasteiger partial charge in [0.2, 0.25) is 0 Å². The van der Waals surface area contributed by atoms with Crippen LogP contribution in [0.25, 0.3) is 0 Å². The summed E-state index contributed by atoms with van der Waals surface area (Å²) in [5.74, 6) is 0.872. The summed E-state index contributed by atoms with van der Waals surface area (Å²) in [6, 6.07) is 2.17. The fourth-order valence-electron chi connectivity index (χ4n) is 4.01. The molecule has 0 aromatic carbocycles. The zero-order valence-corrected chi connectivity index (χ0v) is 13.9. The van der Waals surface area contributed by atoms with E-state index in [-0.39, 0.29) is 0 Å². The van der Waals surface area contributed by atoms with Crippen molar-refractivity contribution in [1.29, 1.82) is 0 Å². The van der Waals surface area contributed by atoms with Gasteiger partial charge in [0.1, 0.15) is 0 Å². The highest BCUT2D eigenvalue weighted by atomic mass is 15.2. The number of hydrogen-bond acceptors (Lipinski definition) is 2. The molecule has 0 bridgehead atoms. The van der Waals surface area contributed by atoms with Crippen molar-refractivity contribution in [2.75, 3.05) is 13.6 Å². The van der Waals surface area contributed by atoms with E-state index < -0.39 is 0 Å². The van der Waals surface area contributed by atoms with Crippen molar-refractivity contribution in [3.63, 3.8) is 0 Å². The summed E-state index contributed by atoms with van der Waals surface area (Å²) in [5, 5.41) is 3.73. The highest BCUT2D eigenvalue weighted by Gasteiger charge is 2.31. The summed E-state index contributed by atoms with van der Waals surface area (Å²) in [7, 11) is 2.38. The number of likely N-dealkylation sites (N-methyl/N-ethyl adjacent to an activating group) is 2. The lowest BCUT2D eigenvalue weighted by atomic mass is 9.83. The molecule has 1 N–H and O–H groups in total. The molecule has 0 amide bonds. The first-order valence-corrected chi connectivity index (χ1v) is 8.60. The maximum absolute atomic E-state index is 3.73. The fraction of sp³-hybridized carbons (Fsp3) is 1.00. The Hall–Kier alpha value is -0.0800. The van der Waals surface area contributed by atoms with E-state index in [1.54, 1.807) is 0 Å². The molecule has 114 valence electrons. The second-order valence-electron chi connectivity index (χ2n) is 6.42. The van der Waals surface area contributed by atoms with Crippen LogP contribution in [0, 0.1) is 5.92 Å². The summed E-state index contributed by atoms with van der Waals surface area (Å²) in [4.78, 5) is 2.72. The molecule has 1 aliphatic rings. The topological polar surface area (TPSA) is 15.3 Å². The van der Waals surface area contributed by atoms with Gasteiger partial charge in [-0.15, -0.1) is 0 Å². The highest BCUT2D eigenvalue weighted by Crippen LogP contribution is 2.30. The summed E-state index contributed by atoms with van der Waals surface area (Å²) >= 11 is 0. The smallest absolute Gasteiger partial charge is 0.0246 e. The minimum atomic E-state index is 0.666. The van der Waals surface area contributed by atoms with Gasteiger partial charge in [-0.05, 0) is 45.2 Å². The van der Waals surface area contributed by atoms with Crippen LogP contribution in [0.4, 0.5) is 0 Å². The van der Waals surface area contributed by atoms with Crippen LogP contribution < -0.4 is 5.32 Å². The molecule has 0 radical (unpaired) electrons. The fourth-order valence-corrected chi connectivity index (χ4v) is 4.01. The molecule has 1 rings (SSSR count). The first-order valence-electron chi connectivity index (χ1n) is 8.60. The van der Waals surface area contributed by atoms with Gasteiger partial charge in [-0.25, -0.2) is 0 Å². The zero-order chi connectivity index (χ0) is 14.3. The Balaban J connectivity index is 2.69. The van der Waals surface area contributed by atoms with Crippen molar-refractivity contribution < 1.29 is 0 Å². The predicted molar refractivity (Wildman–Crippen MR) is 85.6 cm³/mol. The standard InChI is InChI=1S/C17H36N2/c1-6-11-15(18-8-3)16(7-2)19(5)17-13-10-9-12-14(17)4/h14-18H,6-13H2,1-5H3. The molecular formula is C17H36N2. The second-order valence-corrected chi connectivity index (χ2v) is 6.42. The van der Waals surface area contributed by atoms with E-state index in [4.69, 9.17) is 0 Å². The second kappa shape index (κ2) is 8.97. The SMILES string of the molecule is CCCC(NCC)C(CC)N(C)C1CCCCC1C. The Bertz CT molecular complexity index is 223. The van der Waals surface area contributed by atoms with Gasteiger partial charge in [-0.1, -0.05) is 47.0 Å². The molecule has 19 heavy (non-hydrogen) atoms. The number of hydrogen-bond donors (Lipinski definition) is 1. The molecule has 0 saturated heterocycles. The van der Waals surface area contributed by atoms with Crippen molar-refractivity contribution in [3.05, 3.63) is 0 Å².